The largest absolute Gasteiger partial charge is 0.444 e. The van der Waals surface area contributed by atoms with Crippen LogP contribution in [0, 0.1) is 0 Å². The lowest BCUT2D eigenvalue weighted by Gasteiger charge is -2.22. The van der Waals surface area contributed by atoms with Crippen LogP contribution in [-0.4, -0.2) is 27.8 Å². The molecule has 0 spiro atoms. The predicted molar refractivity (Wildman–Crippen MR) is 66.0 cm³/mol. The summed E-state index contributed by atoms with van der Waals surface area (Å²) in [5.41, 5.74) is 0.209. The average molecular weight is 253 g/mol. The molecule has 0 aliphatic heterocycles. The number of aldehydes is 1. The van der Waals surface area contributed by atoms with Gasteiger partial charge in [-0.25, -0.2) is 4.79 Å². The van der Waals surface area contributed by atoms with Crippen LogP contribution in [0.2, 0.25) is 0 Å². The van der Waals surface area contributed by atoms with Crippen LogP contribution >= 0.6 is 0 Å². The van der Waals surface area contributed by atoms with Gasteiger partial charge in [-0.05, 0) is 20.8 Å². The van der Waals surface area contributed by atoms with E-state index in [4.69, 9.17) is 4.74 Å². The minimum absolute atomic E-state index is 0.185. The summed E-state index contributed by atoms with van der Waals surface area (Å²) in [6.45, 7) is 5.35. The predicted octanol–water partition coefficient (Wildman–Crippen LogP) is 1.57. The fraction of sp³-hybridized carbons (Fsp3) is 0.583. The van der Waals surface area contributed by atoms with Gasteiger partial charge in [0.25, 0.3) is 0 Å². The molecule has 1 atom stereocenters. The Morgan fingerprint density at radius 3 is 2.72 bits per heavy atom. The molecule has 0 bridgehead atoms. The van der Waals surface area contributed by atoms with Gasteiger partial charge in [0.2, 0.25) is 0 Å². The highest BCUT2D eigenvalue weighted by molar-refractivity contribution is 5.69. The van der Waals surface area contributed by atoms with Gasteiger partial charge in [0.1, 0.15) is 11.9 Å². The van der Waals surface area contributed by atoms with Crippen LogP contribution in [0.25, 0.3) is 0 Å². The highest BCUT2D eigenvalue weighted by Crippen LogP contribution is 2.16. The molecule has 1 rings (SSSR count). The first-order chi connectivity index (χ1) is 8.31. The summed E-state index contributed by atoms with van der Waals surface area (Å²) in [4.78, 5) is 22.3. The summed E-state index contributed by atoms with van der Waals surface area (Å²) in [6, 6.07) is -0.411. The number of nitrogens with zero attached hydrogens (tertiary/aromatic N) is 2. The molecule has 1 N–H and O–H groups in total. The number of alkyl carbamates (subject to hydrolysis) is 1. The van der Waals surface area contributed by atoms with Gasteiger partial charge in [0.05, 0.1) is 12.2 Å². The molecule has 0 aliphatic rings. The van der Waals surface area contributed by atoms with Crippen molar-refractivity contribution in [1.82, 2.24) is 15.1 Å². The van der Waals surface area contributed by atoms with Gasteiger partial charge in [0.15, 0.2) is 0 Å². The number of hydrogen-bond acceptors (Lipinski definition) is 4. The van der Waals surface area contributed by atoms with E-state index in [-0.39, 0.29) is 6.42 Å². The third kappa shape index (κ3) is 4.57. The van der Waals surface area contributed by atoms with E-state index >= 15 is 0 Å². The Morgan fingerprint density at radius 2 is 2.28 bits per heavy atom. The Labute approximate surface area is 106 Å². The number of nitrogens with one attached hydrogen (secondary N) is 1. The standard InChI is InChI=1S/C12H19N3O3/c1-12(2,3)18-11(17)14-10(5-6-16)9-7-13-15(4)8-9/h6-8,10H,5H2,1-4H3,(H,14,17)/t10-/m1/s1. The summed E-state index contributed by atoms with van der Waals surface area (Å²) in [5, 5.41) is 6.67. The molecule has 18 heavy (non-hydrogen) atoms. The topological polar surface area (TPSA) is 73.2 Å². The smallest absolute Gasteiger partial charge is 0.408 e. The van der Waals surface area contributed by atoms with Crippen LogP contribution < -0.4 is 5.32 Å². The lowest BCUT2D eigenvalue weighted by Crippen LogP contribution is -2.35. The van der Waals surface area contributed by atoms with Crippen molar-refractivity contribution in [2.75, 3.05) is 0 Å². The van der Waals surface area contributed by atoms with Gasteiger partial charge >= 0.3 is 6.09 Å². The van der Waals surface area contributed by atoms with Crippen LogP contribution in [0.4, 0.5) is 4.79 Å². The fourth-order valence-corrected chi connectivity index (χ4v) is 1.44. The van der Waals surface area contributed by atoms with Crippen LogP contribution in [0.3, 0.4) is 0 Å². The number of rotatable bonds is 4. The average Bonchev–Trinajstić information content (AvgIpc) is 2.61. The summed E-state index contributed by atoms with van der Waals surface area (Å²) in [6.07, 6.45) is 3.77. The van der Waals surface area contributed by atoms with Crippen molar-refractivity contribution in [3.8, 4) is 0 Å². The molecule has 1 aromatic heterocycles. The quantitative estimate of drug-likeness (QED) is 0.827. The number of aryl methyl sites for hydroxylation is 1. The van der Waals surface area contributed by atoms with Gasteiger partial charge in [-0.3, -0.25) is 4.68 Å². The maximum atomic E-state index is 11.6. The molecule has 0 radical (unpaired) electrons. The van der Waals surface area contributed by atoms with Crippen molar-refractivity contribution in [1.29, 1.82) is 0 Å². The van der Waals surface area contributed by atoms with Crippen molar-refractivity contribution in [3.05, 3.63) is 18.0 Å². The van der Waals surface area contributed by atoms with Gasteiger partial charge < -0.3 is 14.8 Å². The second-order valence-electron chi connectivity index (χ2n) is 5.05. The van der Waals surface area contributed by atoms with E-state index in [1.807, 2.05) is 0 Å². The first kappa shape index (κ1) is 14.2. The molecule has 0 saturated heterocycles. The third-order valence-electron chi connectivity index (χ3n) is 2.15. The van der Waals surface area contributed by atoms with Crippen LogP contribution in [0.15, 0.2) is 12.4 Å². The molecule has 0 unspecified atom stereocenters. The number of hydrogen-bond donors (Lipinski definition) is 1. The van der Waals surface area contributed by atoms with Crippen LogP contribution in [-0.2, 0) is 16.6 Å². The molecule has 0 aliphatic carbocycles. The summed E-state index contributed by atoms with van der Waals surface area (Å²) < 4.78 is 6.76. The minimum atomic E-state index is -0.565. The molecule has 0 fully saturated rings. The zero-order valence-corrected chi connectivity index (χ0v) is 11.1. The number of amides is 1. The molecule has 1 amide bonds. The Kier molecular flexibility index (Phi) is 4.47. The van der Waals surface area contributed by atoms with Crippen molar-refractivity contribution >= 4 is 12.4 Å². The summed E-state index contributed by atoms with van der Waals surface area (Å²) in [7, 11) is 1.77. The molecular weight excluding hydrogens is 234 g/mol. The highest BCUT2D eigenvalue weighted by Gasteiger charge is 2.21. The fourth-order valence-electron chi connectivity index (χ4n) is 1.44. The van der Waals surface area contributed by atoms with E-state index < -0.39 is 17.7 Å². The summed E-state index contributed by atoms with van der Waals surface area (Å²) in [5.74, 6) is 0. The van der Waals surface area contributed by atoms with Crippen molar-refractivity contribution < 1.29 is 14.3 Å². The van der Waals surface area contributed by atoms with E-state index in [0.717, 1.165) is 11.8 Å². The van der Waals surface area contributed by atoms with Gasteiger partial charge in [-0.15, -0.1) is 0 Å². The van der Waals surface area contributed by atoms with E-state index in [9.17, 15) is 9.59 Å². The molecule has 6 nitrogen and oxygen atoms in total. The van der Waals surface area contributed by atoms with Crippen molar-refractivity contribution in [3.63, 3.8) is 0 Å². The second kappa shape index (κ2) is 5.66. The van der Waals surface area contributed by atoms with Crippen molar-refractivity contribution in [2.24, 2.45) is 7.05 Å². The van der Waals surface area contributed by atoms with E-state index in [1.165, 1.54) is 0 Å². The third-order valence-corrected chi connectivity index (χ3v) is 2.15. The molecule has 0 aromatic carbocycles. The van der Waals surface area contributed by atoms with Gasteiger partial charge in [-0.2, -0.15) is 5.10 Å². The first-order valence-corrected chi connectivity index (χ1v) is 5.73. The Bertz CT molecular complexity index is 420. The lowest BCUT2D eigenvalue weighted by atomic mass is 10.1. The Hall–Kier alpha value is -1.85. The number of carbonyl (C=O) groups is 2. The van der Waals surface area contributed by atoms with Crippen LogP contribution in [0.1, 0.15) is 38.8 Å². The first-order valence-electron chi connectivity index (χ1n) is 5.73. The lowest BCUT2D eigenvalue weighted by molar-refractivity contribution is -0.108. The zero-order valence-electron chi connectivity index (χ0n) is 11.1. The van der Waals surface area contributed by atoms with Crippen molar-refractivity contribution in [2.45, 2.75) is 38.8 Å². The minimum Gasteiger partial charge on any atom is -0.444 e. The molecular formula is C12H19N3O3. The maximum Gasteiger partial charge on any atom is 0.408 e. The van der Waals surface area contributed by atoms with E-state index in [1.54, 1.807) is 44.9 Å². The molecule has 0 saturated carbocycles. The Morgan fingerprint density at radius 1 is 1.61 bits per heavy atom. The highest BCUT2D eigenvalue weighted by atomic mass is 16.6. The normalized spacial score (nSPS) is 12.9. The molecule has 1 aromatic rings. The number of ether oxygens (including phenoxy) is 1. The van der Waals surface area contributed by atoms with E-state index in [2.05, 4.69) is 10.4 Å². The van der Waals surface area contributed by atoms with E-state index in [0.29, 0.717) is 0 Å². The zero-order chi connectivity index (χ0) is 13.8. The number of carbonyl (C=O) groups excluding carboxylic acids is 2. The molecule has 6 heteroatoms. The number of aromatic nitrogens is 2. The maximum absolute atomic E-state index is 11.6. The monoisotopic (exact) mass is 253 g/mol. The van der Waals surface area contributed by atoms with Gasteiger partial charge in [-0.1, -0.05) is 0 Å². The van der Waals surface area contributed by atoms with Crippen LogP contribution in [0.5, 0.6) is 0 Å². The summed E-state index contributed by atoms with van der Waals surface area (Å²) >= 11 is 0. The van der Waals surface area contributed by atoms with Gasteiger partial charge in [0, 0.05) is 25.2 Å². The molecule has 100 valence electrons. The second-order valence-corrected chi connectivity index (χ2v) is 5.05. The molecule has 1 heterocycles. The SMILES string of the molecule is Cn1cc([C@@H](CC=O)NC(=O)OC(C)(C)C)cn1. The Balaban J connectivity index is 2.69.